The van der Waals surface area contributed by atoms with Crippen LogP contribution in [-0.2, 0) is 9.53 Å². The topological polar surface area (TPSA) is 123 Å². The minimum atomic E-state index is -0.500. The van der Waals surface area contributed by atoms with Gasteiger partial charge in [0.1, 0.15) is 15.5 Å². The van der Waals surface area contributed by atoms with Gasteiger partial charge in [-0.3, -0.25) is 14.5 Å². The van der Waals surface area contributed by atoms with E-state index in [0.29, 0.717) is 43.8 Å². The molecule has 5 heterocycles. The van der Waals surface area contributed by atoms with Crippen LogP contribution in [0.3, 0.4) is 0 Å². The number of nitrogens with one attached hydrogen (secondary N) is 2. The summed E-state index contributed by atoms with van der Waals surface area (Å²) in [7, 11) is 0. The lowest BCUT2D eigenvalue weighted by Crippen LogP contribution is -2.42. The fraction of sp³-hybridized carbons (Fsp3) is 0.179. The highest BCUT2D eigenvalue weighted by Gasteiger charge is 2.37. The first-order valence-electron chi connectivity index (χ1n) is 12.2. The summed E-state index contributed by atoms with van der Waals surface area (Å²) < 4.78 is 11.3. The van der Waals surface area contributed by atoms with Crippen LogP contribution < -0.4 is 20.3 Å². The van der Waals surface area contributed by atoms with Gasteiger partial charge in [0.2, 0.25) is 5.88 Å². The first-order chi connectivity index (χ1) is 18.9. The zero-order chi connectivity index (χ0) is 27.1. The molecule has 3 aromatic heterocycles. The van der Waals surface area contributed by atoms with Gasteiger partial charge in [-0.05, 0) is 36.8 Å². The fourth-order valence-electron chi connectivity index (χ4n) is 4.77. The molecule has 10 nitrogen and oxygen atoms in total. The highest BCUT2D eigenvalue weighted by Crippen LogP contribution is 2.46. The number of aryl methyl sites for hydroxylation is 1. The predicted octanol–water partition coefficient (Wildman–Crippen LogP) is 4.98. The number of carbonyl (C=O) groups is 3. The number of pyridine rings is 2. The summed E-state index contributed by atoms with van der Waals surface area (Å²) >= 11 is 1.17. The Morgan fingerprint density at radius 1 is 1.21 bits per heavy atom. The molecule has 11 heteroatoms. The van der Waals surface area contributed by atoms with E-state index in [1.165, 1.54) is 22.3 Å². The maximum absolute atomic E-state index is 13.5. The third-order valence-corrected chi connectivity index (χ3v) is 7.78. The van der Waals surface area contributed by atoms with Crippen molar-refractivity contribution >= 4 is 56.3 Å². The number of ketones is 1. The van der Waals surface area contributed by atoms with E-state index in [-0.39, 0.29) is 19.0 Å². The maximum atomic E-state index is 13.5. The van der Waals surface area contributed by atoms with Crippen molar-refractivity contribution in [2.75, 3.05) is 23.4 Å². The van der Waals surface area contributed by atoms with Crippen LogP contribution in [-0.4, -0.2) is 46.9 Å². The van der Waals surface area contributed by atoms with Gasteiger partial charge in [0.15, 0.2) is 5.78 Å². The number of urea groups is 1. The smallest absolute Gasteiger partial charge is 0.331 e. The van der Waals surface area contributed by atoms with Crippen molar-refractivity contribution in [3.05, 3.63) is 78.0 Å². The number of aromatic nitrogens is 2. The van der Waals surface area contributed by atoms with Crippen LogP contribution in [0, 0.1) is 12.8 Å². The summed E-state index contributed by atoms with van der Waals surface area (Å²) in [6.07, 6.45) is 4.43. The van der Waals surface area contributed by atoms with Crippen LogP contribution >= 0.6 is 11.3 Å². The van der Waals surface area contributed by atoms with E-state index < -0.39 is 23.9 Å². The Balaban J connectivity index is 1.33. The average Bonchev–Trinajstić information content (AvgIpc) is 3.55. The summed E-state index contributed by atoms with van der Waals surface area (Å²) in [5, 5.41) is 6.42. The first-order valence-corrected chi connectivity index (χ1v) is 13.0. The Kier molecular flexibility index (Phi) is 6.29. The number of para-hydroxylation sites is 1. The molecule has 0 aliphatic carbocycles. The Bertz CT molecular complexity index is 1640. The number of rotatable bonds is 7. The third-order valence-electron chi connectivity index (χ3n) is 6.68. The molecule has 3 amide bonds. The third kappa shape index (κ3) is 4.41. The molecule has 0 bridgehead atoms. The Morgan fingerprint density at radius 2 is 2.03 bits per heavy atom. The lowest BCUT2D eigenvalue weighted by molar-refractivity contribution is -0.118. The standard InChI is InChI=1S/C28H23N5O5S/c1-3-21(34)17-13-37-14-18(17)31-26(35)25-24-23-19(9-10-29-27(23)39-25)33(28(36)32-24)20-12-30-22(11-15(20)2)38-16-7-5-4-6-8-16/h3-12,17-18H,1,13-14H2,2H3,(H,31,35)(H,32,36)/t17-,18+/m0/s1. The zero-order valence-corrected chi connectivity index (χ0v) is 21.7. The van der Waals surface area contributed by atoms with E-state index in [2.05, 4.69) is 27.2 Å². The van der Waals surface area contributed by atoms with Gasteiger partial charge in [-0.15, -0.1) is 11.3 Å². The van der Waals surface area contributed by atoms with E-state index in [1.54, 1.807) is 24.5 Å². The van der Waals surface area contributed by atoms with Gasteiger partial charge in [-0.2, -0.15) is 0 Å². The molecule has 2 N–H and O–H groups in total. The van der Waals surface area contributed by atoms with Crippen molar-refractivity contribution in [1.29, 1.82) is 0 Å². The van der Waals surface area contributed by atoms with Gasteiger partial charge >= 0.3 is 6.03 Å². The second-order valence-corrected chi connectivity index (χ2v) is 10.1. The predicted molar refractivity (Wildman–Crippen MR) is 147 cm³/mol. The minimum Gasteiger partial charge on any atom is -0.439 e. The monoisotopic (exact) mass is 541 g/mol. The molecule has 39 heavy (non-hydrogen) atoms. The molecule has 6 rings (SSSR count). The molecule has 2 aliphatic rings. The van der Waals surface area contributed by atoms with Crippen LogP contribution in [0.5, 0.6) is 11.6 Å². The van der Waals surface area contributed by atoms with Crippen LogP contribution in [0.25, 0.3) is 10.2 Å². The average molecular weight is 542 g/mol. The Morgan fingerprint density at radius 3 is 2.79 bits per heavy atom. The van der Waals surface area contributed by atoms with Crippen molar-refractivity contribution in [3.8, 4) is 11.6 Å². The Hall–Kier alpha value is -4.61. The molecule has 1 saturated heterocycles. The summed E-state index contributed by atoms with van der Waals surface area (Å²) in [6.45, 7) is 5.84. The number of thiophene rings is 1. The number of benzene rings is 1. The van der Waals surface area contributed by atoms with Gasteiger partial charge in [0.25, 0.3) is 5.91 Å². The maximum Gasteiger partial charge on any atom is 0.331 e. The molecular formula is C28H23N5O5S. The molecule has 2 aliphatic heterocycles. The van der Waals surface area contributed by atoms with E-state index in [9.17, 15) is 14.4 Å². The molecule has 1 aromatic carbocycles. The van der Waals surface area contributed by atoms with Gasteiger partial charge < -0.3 is 20.1 Å². The summed E-state index contributed by atoms with van der Waals surface area (Å²) in [4.78, 5) is 50.2. The lowest BCUT2D eigenvalue weighted by Gasteiger charge is -2.29. The highest BCUT2D eigenvalue weighted by atomic mass is 32.1. The van der Waals surface area contributed by atoms with Crippen molar-refractivity contribution < 1.29 is 23.9 Å². The molecule has 4 aromatic rings. The zero-order valence-electron chi connectivity index (χ0n) is 20.8. The SMILES string of the molecule is C=CC(=O)[C@H]1COC[C@H]1NC(=O)c1sc2nccc3c2c1NC(=O)N3c1cnc(Oc2ccccc2)cc1C. The summed E-state index contributed by atoms with van der Waals surface area (Å²) in [6, 6.07) is 11.9. The minimum absolute atomic E-state index is 0.187. The number of hydrogen-bond acceptors (Lipinski definition) is 8. The van der Waals surface area contributed by atoms with E-state index in [4.69, 9.17) is 9.47 Å². The van der Waals surface area contributed by atoms with Crippen LogP contribution in [0.15, 0.2) is 67.5 Å². The number of anilines is 3. The lowest BCUT2D eigenvalue weighted by atomic mass is 9.98. The summed E-state index contributed by atoms with van der Waals surface area (Å²) in [5.74, 6) is -0.0426. The summed E-state index contributed by atoms with van der Waals surface area (Å²) in [5.41, 5.74) is 2.31. The highest BCUT2D eigenvalue weighted by molar-refractivity contribution is 7.21. The molecule has 0 unspecified atom stereocenters. The number of ether oxygens (including phenoxy) is 2. The molecule has 196 valence electrons. The number of carbonyl (C=O) groups excluding carboxylic acids is 3. The second kappa shape index (κ2) is 9.93. The van der Waals surface area contributed by atoms with Crippen molar-refractivity contribution in [2.24, 2.45) is 5.92 Å². The van der Waals surface area contributed by atoms with E-state index >= 15 is 0 Å². The largest absolute Gasteiger partial charge is 0.439 e. The normalized spacial score (nSPS) is 18.1. The van der Waals surface area contributed by atoms with E-state index in [1.807, 2.05) is 37.3 Å². The molecule has 0 spiro atoms. The van der Waals surface area contributed by atoms with Gasteiger partial charge in [-0.25, -0.2) is 14.8 Å². The quantitative estimate of drug-likeness (QED) is 0.317. The van der Waals surface area contributed by atoms with Crippen molar-refractivity contribution in [1.82, 2.24) is 15.3 Å². The first kappa shape index (κ1) is 24.7. The number of hydrogen-bond donors (Lipinski definition) is 2. The number of amides is 3. The Labute approximate surface area is 227 Å². The van der Waals surface area contributed by atoms with Crippen LogP contribution in [0.2, 0.25) is 0 Å². The van der Waals surface area contributed by atoms with Crippen LogP contribution in [0.4, 0.5) is 21.9 Å². The van der Waals surface area contributed by atoms with Gasteiger partial charge in [0.05, 0.1) is 53.8 Å². The second-order valence-electron chi connectivity index (χ2n) is 9.14. The fourth-order valence-corrected chi connectivity index (χ4v) is 5.79. The molecule has 1 fully saturated rings. The molecule has 2 atom stereocenters. The molecule has 0 radical (unpaired) electrons. The van der Waals surface area contributed by atoms with Crippen molar-refractivity contribution in [2.45, 2.75) is 13.0 Å². The van der Waals surface area contributed by atoms with Gasteiger partial charge in [-0.1, -0.05) is 24.8 Å². The number of allylic oxidation sites excluding steroid dienone is 1. The van der Waals surface area contributed by atoms with E-state index in [0.717, 1.165) is 5.56 Å². The van der Waals surface area contributed by atoms with Crippen LogP contribution in [0.1, 0.15) is 15.2 Å². The molecular weight excluding hydrogens is 518 g/mol. The number of nitrogens with zero attached hydrogens (tertiary/aromatic N) is 3. The molecule has 0 saturated carbocycles. The van der Waals surface area contributed by atoms with Crippen molar-refractivity contribution in [3.63, 3.8) is 0 Å². The van der Waals surface area contributed by atoms with Gasteiger partial charge in [0, 0.05) is 12.3 Å².